The van der Waals surface area contributed by atoms with Crippen LogP contribution in [0.1, 0.15) is 31.2 Å². The number of hydrogen-bond acceptors (Lipinski definition) is 7. The van der Waals surface area contributed by atoms with Gasteiger partial charge in [-0.05, 0) is 68.6 Å². The third-order valence-electron chi connectivity index (χ3n) is 7.08. The molecule has 0 aromatic heterocycles. The maximum Gasteiger partial charge on any atom is 0.262 e. The Hall–Kier alpha value is -2.88. The quantitative estimate of drug-likeness (QED) is 0.467. The second-order valence-corrected chi connectivity index (χ2v) is 9.89. The van der Waals surface area contributed by atoms with Crippen molar-refractivity contribution in [2.24, 2.45) is 0 Å². The molecule has 3 heterocycles. The SMILES string of the molecule is O=C(NCCN1CCCC1)[C@@H](CN(Cc1ccc2c(c1)OCO2)C[C@@H]1CCCO1)Oc1ccccc1F. The molecule has 1 N–H and O–H groups in total. The van der Waals surface area contributed by atoms with Crippen molar-refractivity contribution in [2.45, 2.75) is 44.4 Å². The summed E-state index contributed by atoms with van der Waals surface area (Å²) in [6.45, 7) is 5.92. The molecule has 8 nitrogen and oxygen atoms in total. The van der Waals surface area contributed by atoms with Crippen molar-refractivity contribution in [3.63, 3.8) is 0 Å². The number of carbonyl (C=O) groups excluding carboxylic acids is 1. The summed E-state index contributed by atoms with van der Waals surface area (Å²) in [5.41, 5.74) is 1.03. The lowest BCUT2D eigenvalue weighted by Gasteiger charge is -2.29. The van der Waals surface area contributed by atoms with E-state index in [9.17, 15) is 9.18 Å². The summed E-state index contributed by atoms with van der Waals surface area (Å²) in [7, 11) is 0. The minimum Gasteiger partial charge on any atom is -0.476 e. The van der Waals surface area contributed by atoms with Crippen molar-refractivity contribution in [3.8, 4) is 17.2 Å². The molecule has 0 spiro atoms. The minimum absolute atomic E-state index is 0.0716. The summed E-state index contributed by atoms with van der Waals surface area (Å²) in [6.07, 6.45) is 3.59. The first kappa shape index (κ1) is 25.8. The van der Waals surface area contributed by atoms with Gasteiger partial charge in [-0.3, -0.25) is 9.69 Å². The third kappa shape index (κ3) is 7.12. The summed E-state index contributed by atoms with van der Waals surface area (Å²) in [4.78, 5) is 17.8. The molecule has 2 saturated heterocycles. The molecule has 5 rings (SSSR count). The van der Waals surface area contributed by atoms with Gasteiger partial charge in [-0.25, -0.2) is 4.39 Å². The van der Waals surface area contributed by atoms with Crippen molar-refractivity contribution >= 4 is 5.91 Å². The maximum absolute atomic E-state index is 14.5. The van der Waals surface area contributed by atoms with Crippen molar-refractivity contribution in [1.29, 1.82) is 0 Å². The predicted octanol–water partition coefficient (Wildman–Crippen LogP) is 3.20. The molecule has 37 heavy (non-hydrogen) atoms. The van der Waals surface area contributed by atoms with Crippen molar-refractivity contribution in [2.75, 3.05) is 52.7 Å². The fourth-order valence-electron chi connectivity index (χ4n) is 5.14. The Labute approximate surface area is 217 Å². The number of halogens is 1. The fourth-order valence-corrected chi connectivity index (χ4v) is 5.14. The highest BCUT2D eigenvalue weighted by Crippen LogP contribution is 2.33. The number of para-hydroxylation sites is 1. The van der Waals surface area contributed by atoms with Crippen LogP contribution < -0.4 is 19.5 Å². The van der Waals surface area contributed by atoms with Gasteiger partial charge in [0.25, 0.3) is 5.91 Å². The van der Waals surface area contributed by atoms with E-state index in [-0.39, 0.29) is 31.1 Å². The van der Waals surface area contributed by atoms with Gasteiger partial charge < -0.3 is 29.2 Å². The van der Waals surface area contributed by atoms with Gasteiger partial charge in [0.2, 0.25) is 6.79 Å². The van der Waals surface area contributed by atoms with E-state index in [4.69, 9.17) is 18.9 Å². The van der Waals surface area contributed by atoms with Gasteiger partial charge in [0.1, 0.15) is 0 Å². The van der Waals surface area contributed by atoms with Crippen LogP contribution in [0.15, 0.2) is 42.5 Å². The van der Waals surface area contributed by atoms with E-state index in [1.165, 1.54) is 18.9 Å². The van der Waals surface area contributed by atoms with Crippen LogP contribution in [0.2, 0.25) is 0 Å². The highest BCUT2D eigenvalue weighted by Gasteiger charge is 2.28. The molecule has 200 valence electrons. The highest BCUT2D eigenvalue weighted by molar-refractivity contribution is 5.81. The predicted molar refractivity (Wildman–Crippen MR) is 136 cm³/mol. The van der Waals surface area contributed by atoms with Gasteiger partial charge in [-0.1, -0.05) is 18.2 Å². The molecule has 2 fully saturated rings. The average molecular weight is 514 g/mol. The largest absolute Gasteiger partial charge is 0.476 e. The lowest BCUT2D eigenvalue weighted by atomic mass is 10.1. The Bertz CT molecular complexity index is 1040. The van der Waals surface area contributed by atoms with E-state index in [0.717, 1.165) is 50.4 Å². The number of amides is 1. The Morgan fingerprint density at radius 2 is 1.97 bits per heavy atom. The monoisotopic (exact) mass is 513 g/mol. The topological polar surface area (TPSA) is 72.5 Å². The van der Waals surface area contributed by atoms with E-state index in [2.05, 4.69) is 15.1 Å². The fraction of sp³-hybridized carbons (Fsp3) is 0.536. The Kier molecular flexibility index (Phi) is 8.76. The lowest BCUT2D eigenvalue weighted by Crippen LogP contribution is -2.48. The van der Waals surface area contributed by atoms with Crippen molar-refractivity contribution in [3.05, 3.63) is 53.8 Å². The molecule has 0 unspecified atom stereocenters. The van der Waals surface area contributed by atoms with Gasteiger partial charge in [0.05, 0.1) is 6.10 Å². The number of likely N-dealkylation sites (tertiary alicyclic amines) is 1. The molecule has 9 heteroatoms. The molecule has 2 atom stereocenters. The van der Waals surface area contributed by atoms with Gasteiger partial charge in [0, 0.05) is 39.3 Å². The summed E-state index contributed by atoms with van der Waals surface area (Å²) >= 11 is 0. The smallest absolute Gasteiger partial charge is 0.262 e. The second-order valence-electron chi connectivity index (χ2n) is 9.89. The van der Waals surface area contributed by atoms with Crippen LogP contribution in [0.3, 0.4) is 0 Å². The number of ether oxygens (including phenoxy) is 4. The number of nitrogens with zero attached hydrogens (tertiary/aromatic N) is 2. The van der Waals surface area contributed by atoms with Crippen molar-refractivity contribution in [1.82, 2.24) is 15.1 Å². The van der Waals surface area contributed by atoms with E-state index in [1.54, 1.807) is 18.2 Å². The first-order chi connectivity index (χ1) is 18.1. The average Bonchev–Trinajstić information content (AvgIpc) is 3.68. The second kappa shape index (κ2) is 12.6. The molecule has 0 saturated carbocycles. The first-order valence-electron chi connectivity index (χ1n) is 13.3. The third-order valence-corrected chi connectivity index (χ3v) is 7.08. The molecule has 0 aliphatic carbocycles. The lowest BCUT2D eigenvalue weighted by molar-refractivity contribution is -0.129. The van der Waals surface area contributed by atoms with Crippen LogP contribution in [0, 0.1) is 5.82 Å². The van der Waals surface area contributed by atoms with Gasteiger partial charge >= 0.3 is 0 Å². The van der Waals surface area contributed by atoms with Gasteiger partial charge in [-0.15, -0.1) is 0 Å². The molecule has 3 aliphatic rings. The number of nitrogens with one attached hydrogen (secondary N) is 1. The molecule has 0 bridgehead atoms. The number of rotatable bonds is 12. The Balaban J connectivity index is 1.30. The molecule has 1 amide bonds. The summed E-state index contributed by atoms with van der Waals surface area (Å²) in [6, 6.07) is 12.1. The molecule has 0 radical (unpaired) electrons. The Morgan fingerprint density at radius 3 is 2.78 bits per heavy atom. The number of carbonyl (C=O) groups is 1. The van der Waals surface area contributed by atoms with Crippen LogP contribution in [-0.4, -0.2) is 80.6 Å². The minimum atomic E-state index is -0.883. The van der Waals surface area contributed by atoms with E-state index in [0.29, 0.717) is 25.4 Å². The number of hydrogen-bond donors (Lipinski definition) is 1. The van der Waals surface area contributed by atoms with E-state index < -0.39 is 11.9 Å². The van der Waals surface area contributed by atoms with E-state index in [1.807, 2.05) is 18.2 Å². The van der Waals surface area contributed by atoms with Crippen molar-refractivity contribution < 1.29 is 28.1 Å². The number of fused-ring (bicyclic) bond motifs is 1. The zero-order valence-corrected chi connectivity index (χ0v) is 21.2. The number of benzene rings is 2. The Morgan fingerprint density at radius 1 is 1.14 bits per heavy atom. The normalized spacial score (nSPS) is 19.9. The van der Waals surface area contributed by atoms with Crippen LogP contribution in [-0.2, 0) is 16.1 Å². The molecular weight excluding hydrogens is 477 g/mol. The molecule has 3 aliphatic heterocycles. The van der Waals surface area contributed by atoms with Crippen LogP contribution in [0.4, 0.5) is 4.39 Å². The van der Waals surface area contributed by atoms with Gasteiger partial charge in [0.15, 0.2) is 29.2 Å². The summed E-state index contributed by atoms with van der Waals surface area (Å²) < 4.78 is 37.4. The molecular formula is C28H36FN3O5. The highest BCUT2D eigenvalue weighted by atomic mass is 19.1. The standard InChI is InChI=1S/C28H36FN3O5/c29-23-7-1-2-8-24(23)37-27(28(33)30-11-14-31-12-3-4-13-31)19-32(18-22-6-5-15-34-22)17-21-9-10-25-26(16-21)36-20-35-25/h1-2,7-10,16,22,27H,3-6,11-15,17-20H2,(H,30,33)/t22-,27+/m0/s1. The summed E-state index contributed by atoms with van der Waals surface area (Å²) in [5, 5.41) is 3.02. The zero-order chi connectivity index (χ0) is 25.5. The van der Waals surface area contributed by atoms with Crippen LogP contribution in [0.25, 0.3) is 0 Å². The molecule has 2 aromatic carbocycles. The zero-order valence-electron chi connectivity index (χ0n) is 21.2. The maximum atomic E-state index is 14.5. The van der Waals surface area contributed by atoms with E-state index >= 15 is 0 Å². The molecule has 2 aromatic rings. The van der Waals surface area contributed by atoms with Crippen LogP contribution in [0.5, 0.6) is 17.2 Å². The summed E-state index contributed by atoms with van der Waals surface area (Å²) in [5.74, 6) is 0.785. The van der Waals surface area contributed by atoms with Gasteiger partial charge in [-0.2, -0.15) is 0 Å². The van der Waals surface area contributed by atoms with Crippen LogP contribution >= 0.6 is 0 Å². The first-order valence-corrected chi connectivity index (χ1v) is 13.3.